The van der Waals surface area contributed by atoms with Crippen LogP contribution in [0.1, 0.15) is 10.4 Å². The third kappa shape index (κ3) is 3.49. The lowest BCUT2D eigenvalue weighted by Crippen LogP contribution is -2.10. The fourth-order valence-electron chi connectivity index (χ4n) is 1.72. The summed E-state index contributed by atoms with van der Waals surface area (Å²) in [6.07, 6.45) is 0. The van der Waals surface area contributed by atoms with Crippen molar-refractivity contribution in [3.05, 3.63) is 51.5 Å². The molecule has 21 heavy (non-hydrogen) atoms. The maximum Gasteiger partial charge on any atom is 0.345 e. The normalized spacial score (nSPS) is 10.1. The molecule has 4 nitrogen and oxygen atoms in total. The number of para-hydroxylation sites is 1. The molecular weight excluding hydrogens is 360 g/mol. The minimum Gasteiger partial charge on any atom is -0.493 e. The van der Waals surface area contributed by atoms with Crippen LogP contribution in [-0.2, 0) is 0 Å². The predicted molar refractivity (Wildman–Crippen MR) is 83.7 cm³/mol. The highest BCUT2D eigenvalue weighted by molar-refractivity contribution is 9.10. The summed E-state index contributed by atoms with van der Waals surface area (Å²) < 4.78 is 16.5. The minimum absolute atomic E-state index is 0.212. The Balaban J connectivity index is 2.38. The van der Waals surface area contributed by atoms with Crippen molar-refractivity contribution in [2.24, 2.45) is 0 Å². The Labute approximate surface area is 135 Å². The SMILES string of the molecule is COc1cccc(OC)c1OC(=O)c1cc(Br)ccc1Cl. The van der Waals surface area contributed by atoms with Gasteiger partial charge in [-0.2, -0.15) is 0 Å². The molecule has 0 unspecified atom stereocenters. The van der Waals surface area contributed by atoms with E-state index in [0.29, 0.717) is 16.5 Å². The largest absolute Gasteiger partial charge is 0.493 e. The molecule has 0 fully saturated rings. The second-order valence-corrected chi connectivity index (χ2v) is 5.33. The summed E-state index contributed by atoms with van der Waals surface area (Å²) in [4.78, 5) is 12.3. The average Bonchev–Trinajstić information content (AvgIpc) is 2.49. The van der Waals surface area contributed by atoms with Crippen LogP contribution in [-0.4, -0.2) is 20.2 Å². The number of methoxy groups -OCH3 is 2. The van der Waals surface area contributed by atoms with Gasteiger partial charge in [-0.15, -0.1) is 0 Å². The number of hydrogen-bond donors (Lipinski definition) is 0. The number of halogens is 2. The van der Waals surface area contributed by atoms with Gasteiger partial charge < -0.3 is 14.2 Å². The molecule has 0 bridgehead atoms. The summed E-state index contributed by atoms with van der Waals surface area (Å²) in [6.45, 7) is 0. The lowest BCUT2D eigenvalue weighted by Gasteiger charge is -2.13. The second kappa shape index (κ2) is 6.83. The lowest BCUT2D eigenvalue weighted by molar-refractivity contribution is 0.0724. The van der Waals surface area contributed by atoms with Crippen LogP contribution >= 0.6 is 27.5 Å². The van der Waals surface area contributed by atoms with Crippen LogP contribution in [0.2, 0.25) is 5.02 Å². The van der Waals surface area contributed by atoms with E-state index in [9.17, 15) is 4.79 Å². The lowest BCUT2D eigenvalue weighted by atomic mass is 10.2. The summed E-state index contributed by atoms with van der Waals surface area (Å²) in [5, 5.41) is 0.303. The summed E-state index contributed by atoms with van der Waals surface area (Å²) in [5.41, 5.74) is 0.249. The van der Waals surface area contributed by atoms with E-state index in [2.05, 4.69) is 15.9 Å². The summed E-state index contributed by atoms with van der Waals surface area (Å²) >= 11 is 9.31. The molecule has 0 aromatic heterocycles. The maximum atomic E-state index is 12.3. The smallest absolute Gasteiger partial charge is 0.345 e. The first-order chi connectivity index (χ1) is 10.1. The van der Waals surface area contributed by atoms with Gasteiger partial charge in [0.15, 0.2) is 11.5 Å². The first kappa shape index (κ1) is 15.7. The van der Waals surface area contributed by atoms with Crippen molar-refractivity contribution in [1.29, 1.82) is 0 Å². The Morgan fingerprint density at radius 2 is 1.71 bits per heavy atom. The Morgan fingerprint density at radius 1 is 1.10 bits per heavy atom. The van der Waals surface area contributed by atoms with E-state index in [1.807, 2.05) is 0 Å². The zero-order valence-corrected chi connectivity index (χ0v) is 13.7. The van der Waals surface area contributed by atoms with Crippen LogP contribution in [0.4, 0.5) is 0 Å². The number of benzene rings is 2. The van der Waals surface area contributed by atoms with Gasteiger partial charge in [-0.3, -0.25) is 0 Å². The minimum atomic E-state index is -0.593. The Bertz CT molecular complexity index is 650. The van der Waals surface area contributed by atoms with E-state index < -0.39 is 5.97 Å². The standard InChI is InChI=1S/C15H12BrClO4/c1-19-12-4-3-5-13(20-2)14(12)21-15(18)10-8-9(16)6-7-11(10)17/h3-8H,1-2H3. The highest BCUT2D eigenvalue weighted by atomic mass is 79.9. The van der Waals surface area contributed by atoms with Crippen molar-refractivity contribution in [1.82, 2.24) is 0 Å². The van der Waals surface area contributed by atoms with Crippen LogP contribution in [0, 0.1) is 0 Å². The number of carbonyl (C=O) groups is 1. The van der Waals surface area contributed by atoms with Gasteiger partial charge in [-0.25, -0.2) is 4.79 Å². The van der Waals surface area contributed by atoms with E-state index in [4.69, 9.17) is 25.8 Å². The third-order valence-electron chi connectivity index (χ3n) is 2.73. The van der Waals surface area contributed by atoms with E-state index in [1.165, 1.54) is 14.2 Å². The molecule has 0 amide bonds. The Hall–Kier alpha value is -1.72. The van der Waals surface area contributed by atoms with Crippen molar-refractivity contribution in [3.63, 3.8) is 0 Å². The molecule has 0 saturated heterocycles. The molecule has 0 heterocycles. The van der Waals surface area contributed by atoms with Gasteiger partial charge >= 0.3 is 5.97 Å². The summed E-state index contributed by atoms with van der Waals surface area (Å²) in [7, 11) is 2.97. The van der Waals surface area contributed by atoms with E-state index in [-0.39, 0.29) is 11.3 Å². The summed E-state index contributed by atoms with van der Waals surface area (Å²) in [5.74, 6) is 0.412. The molecule has 2 rings (SSSR count). The van der Waals surface area contributed by atoms with Gasteiger partial charge in [0.1, 0.15) is 0 Å². The van der Waals surface area contributed by atoms with E-state index in [0.717, 1.165) is 4.47 Å². The fourth-order valence-corrected chi connectivity index (χ4v) is 2.28. The molecule has 0 aliphatic heterocycles. The predicted octanol–water partition coefficient (Wildman–Crippen LogP) is 4.34. The van der Waals surface area contributed by atoms with Crippen molar-refractivity contribution < 1.29 is 19.0 Å². The second-order valence-electron chi connectivity index (χ2n) is 4.01. The third-order valence-corrected chi connectivity index (χ3v) is 3.55. The highest BCUT2D eigenvalue weighted by Crippen LogP contribution is 2.37. The first-order valence-corrected chi connectivity index (χ1v) is 7.12. The van der Waals surface area contributed by atoms with Crippen LogP contribution in [0.15, 0.2) is 40.9 Å². The van der Waals surface area contributed by atoms with Crippen molar-refractivity contribution in [2.45, 2.75) is 0 Å². The number of ether oxygens (including phenoxy) is 3. The molecule has 0 saturated carbocycles. The molecule has 0 aliphatic rings. The maximum absolute atomic E-state index is 12.3. The van der Waals surface area contributed by atoms with Crippen molar-refractivity contribution in [3.8, 4) is 17.2 Å². The quantitative estimate of drug-likeness (QED) is 0.592. The molecule has 2 aromatic rings. The molecule has 0 N–H and O–H groups in total. The molecular formula is C15H12BrClO4. The van der Waals surface area contributed by atoms with Gasteiger partial charge in [-0.1, -0.05) is 33.6 Å². The van der Waals surface area contributed by atoms with Gasteiger partial charge in [0, 0.05) is 4.47 Å². The number of esters is 1. The van der Waals surface area contributed by atoms with Crippen LogP contribution in [0.3, 0.4) is 0 Å². The van der Waals surface area contributed by atoms with Crippen LogP contribution in [0.25, 0.3) is 0 Å². The molecule has 0 atom stereocenters. The Kier molecular flexibility index (Phi) is 5.09. The van der Waals surface area contributed by atoms with Gasteiger partial charge in [-0.05, 0) is 30.3 Å². The Morgan fingerprint density at radius 3 is 2.29 bits per heavy atom. The van der Waals surface area contributed by atoms with Crippen molar-refractivity contribution >= 4 is 33.5 Å². The average molecular weight is 372 g/mol. The monoisotopic (exact) mass is 370 g/mol. The van der Waals surface area contributed by atoms with Crippen LogP contribution < -0.4 is 14.2 Å². The zero-order chi connectivity index (χ0) is 15.4. The number of carbonyl (C=O) groups excluding carboxylic acids is 1. The topological polar surface area (TPSA) is 44.8 Å². The molecule has 0 spiro atoms. The summed E-state index contributed by atoms with van der Waals surface area (Å²) in [6, 6.07) is 10.0. The van der Waals surface area contributed by atoms with E-state index in [1.54, 1.807) is 36.4 Å². The molecule has 2 aromatic carbocycles. The van der Waals surface area contributed by atoms with Gasteiger partial charge in [0.2, 0.25) is 5.75 Å². The number of hydrogen-bond acceptors (Lipinski definition) is 4. The first-order valence-electron chi connectivity index (χ1n) is 5.95. The van der Waals surface area contributed by atoms with E-state index >= 15 is 0 Å². The molecule has 0 radical (unpaired) electrons. The van der Waals surface area contributed by atoms with Gasteiger partial charge in [0.05, 0.1) is 24.8 Å². The fraction of sp³-hybridized carbons (Fsp3) is 0.133. The zero-order valence-electron chi connectivity index (χ0n) is 11.4. The molecule has 110 valence electrons. The highest BCUT2D eigenvalue weighted by Gasteiger charge is 2.19. The molecule has 6 heteroatoms. The van der Waals surface area contributed by atoms with Crippen LogP contribution in [0.5, 0.6) is 17.2 Å². The van der Waals surface area contributed by atoms with Gasteiger partial charge in [0.25, 0.3) is 0 Å². The van der Waals surface area contributed by atoms with Crippen molar-refractivity contribution in [2.75, 3.05) is 14.2 Å². The molecule has 0 aliphatic carbocycles. The number of rotatable bonds is 4.